The molecule has 1 atom stereocenters. The fourth-order valence-electron chi connectivity index (χ4n) is 3.67. The van der Waals surface area contributed by atoms with Crippen molar-refractivity contribution < 1.29 is 26.7 Å². The van der Waals surface area contributed by atoms with Crippen LogP contribution in [0.25, 0.3) is 0 Å². The molecule has 0 N–H and O–H groups in total. The van der Waals surface area contributed by atoms with Crippen LogP contribution in [0, 0.1) is 6.92 Å². The summed E-state index contributed by atoms with van der Waals surface area (Å²) >= 11 is 5.90. The van der Waals surface area contributed by atoms with Gasteiger partial charge >= 0.3 is 0 Å². The highest BCUT2D eigenvalue weighted by molar-refractivity contribution is 7.91. The third-order valence-corrected chi connectivity index (χ3v) is 7.10. The van der Waals surface area contributed by atoms with Crippen molar-refractivity contribution in [2.45, 2.75) is 44.3 Å². The summed E-state index contributed by atoms with van der Waals surface area (Å²) in [6, 6.07) is 4.76. The van der Waals surface area contributed by atoms with E-state index in [9.17, 15) is 22.0 Å². The number of carbonyl (C=O) groups is 1. The van der Waals surface area contributed by atoms with Crippen molar-refractivity contribution in [3.63, 3.8) is 0 Å². The number of aromatic nitrogens is 3. The third-order valence-electron chi connectivity index (χ3n) is 5.31. The fraction of sp³-hybridized carbons (Fsp3) is 0.524. The van der Waals surface area contributed by atoms with Gasteiger partial charge in [-0.1, -0.05) is 11.6 Å². The molecule has 1 saturated heterocycles. The molecular formula is C21H25ClF2N4O4S. The summed E-state index contributed by atoms with van der Waals surface area (Å²) in [4.78, 5) is 18.2. The highest BCUT2D eigenvalue weighted by Crippen LogP contribution is 2.25. The summed E-state index contributed by atoms with van der Waals surface area (Å²) in [5, 5.41) is 8.12. The molecule has 1 aliphatic rings. The number of hydrogen-bond acceptors (Lipinski definition) is 8. The quantitative estimate of drug-likeness (QED) is 0.457. The lowest BCUT2D eigenvalue weighted by Gasteiger charge is -2.19. The zero-order valence-corrected chi connectivity index (χ0v) is 19.9. The average molecular weight is 503 g/mol. The van der Waals surface area contributed by atoms with E-state index in [2.05, 4.69) is 15.2 Å². The number of carbonyl (C=O) groups excluding carboxylic acids is 1. The number of nitrogens with zero attached hydrogens (tertiary/aromatic N) is 4. The Balaban J connectivity index is 1.56. The molecule has 1 unspecified atom stereocenters. The van der Waals surface area contributed by atoms with Crippen LogP contribution in [0.1, 0.15) is 29.7 Å². The average Bonchev–Trinajstić information content (AvgIpc) is 3.21. The first-order valence-electron chi connectivity index (χ1n) is 10.4. The smallest absolute Gasteiger partial charge is 0.272 e. The third kappa shape index (κ3) is 7.29. The predicted octanol–water partition coefficient (Wildman–Crippen LogP) is 2.85. The summed E-state index contributed by atoms with van der Waals surface area (Å²) in [5.41, 5.74) is 2.04. The number of hydrogen-bond donors (Lipinski definition) is 0. The molecular weight excluding hydrogens is 478 g/mol. The van der Waals surface area contributed by atoms with E-state index in [0.717, 1.165) is 5.56 Å². The highest BCUT2D eigenvalue weighted by atomic mass is 35.5. The molecule has 0 spiro atoms. The van der Waals surface area contributed by atoms with E-state index in [0.29, 0.717) is 43.0 Å². The second kappa shape index (κ2) is 10.7. The van der Waals surface area contributed by atoms with E-state index in [1.54, 1.807) is 0 Å². The maximum Gasteiger partial charge on any atom is 0.272 e. The first-order chi connectivity index (χ1) is 15.5. The van der Waals surface area contributed by atoms with Gasteiger partial charge in [-0.15, -0.1) is 5.10 Å². The fourth-order valence-corrected chi connectivity index (χ4v) is 4.88. The minimum absolute atomic E-state index is 0.0531. The van der Waals surface area contributed by atoms with Crippen molar-refractivity contribution in [1.82, 2.24) is 15.2 Å². The van der Waals surface area contributed by atoms with Gasteiger partial charge in [0, 0.05) is 38.3 Å². The summed E-state index contributed by atoms with van der Waals surface area (Å²) in [6.07, 6.45) is -0.189. The summed E-state index contributed by atoms with van der Waals surface area (Å²) in [7, 11) is -3.10. The van der Waals surface area contributed by atoms with Gasteiger partial charge in [0.05, 0.1) is 10.9 Å². The topological polar surface area (TPSA) is 102 Å². The Labute approximate surface area is 196 Å². The molecule has 8 nitrogen and oxygen atoms in total. The maximum atomic E-state index is 12.4. The molecule has 180 valence electrons. The van der Waals surface area contributed by atoms with Gasteiger partial charge in [0.25, 0.3) is 6.43 Å². The molecule has 3 heterocycles. The Morgan fingerprint density at radius 2 is 2.06 bits per heavy atom. The van der Waals surface area contributed by atoms with Gasteiger partial charge in [-0.05, 0) is 43.0 Å². The van der Waals surface area contributed by atoms with E-state index >= 15 is 0 Å². The van der Waals surface area contributed by atoms with Gasteiger partial charge in [-0.2, -0.15) is 5.10 Å². The number of Topliss-reactive ketones (excluding diaryl/α,β-unsaturated/α-hetero) is 1. The SMILES string of the molecule is Cc1cc(CCC(=O)Cc2cc(Cl)nc(OCC(F)F)c2)nnc1N1CCC(S(C)(=O)=O)C1. The van der Waals surface area contributed by atoms with Crippen molar-refractivity contribution in [2.75, 3.05) is 30.9 Å². The highest BCUT2D eigenvalue weighted by Gasteiger charge is 2.31. The van der Waals surface area contributed by atoms with Crippen LogP contribution >= 0.6 is 11.6 Å². The lowest BCUT2D eigenvalue weighted by molar-refractivity contribution is -0.118. The maximum absolute atomic E-state index is 12.4. The molecule has 33 heavy (non-hydrogen) atoms. The Bertz CT molecular complexity index is 1120. The van der Waals surface area contributed by atoms with Gasteiger partial charge in [0.15, 0.2) is 22.3 Å². The first-order valence-corrected chi connectivity index (χ1v) is 12.7. The standard InChI is InChI=1S/C21H25ClF2N4O4S/c1-13-7-15(26-27-21(13)28-6-5-17(11-28)33(2,30)31)3-4-16(29)8-14-9-18(22)25-20(10-14)32-12-19(23)24/h7,9-10,17,19H,3-6,8,11-12H2,1-2H3. The van der Waals surface area contributed by atoms with E-state index in [1.165, 1.54) is 18.4 Å². The van der Waals surface area contributed by atoms with Crippen molar-refractivity contribution in [3.8, 4) is 5.88 Å². The molecule has 1 aliphatic heterocycles. The number of rotatable bonds is 10. The lowest BCUT2D eigenvalue weighted by atomic mass is 10.1. The van der Waals surface area contributed by atoms with E-state index < -0.39 is 28.1 Å². The normalized spacial score (nSPS) is 16.4. The predicted molar refractivity (Wildman–Crippen MR) is 120 cm³/mol. The number of sulfone groups is 1. The summed E-state index contributed by atoms with van der Waals surface area (Å²) in [5.74, 6) is 0.512. The molecule has 0 amide bonds. The van der Waals surface area contributed by atoms with E-state index in [1.807, 2.05) is 17.9 Å². The molecule has 0 bridgehead atoms. The minimum atomic E-state index is -3.10. The van der Waals surface area contributed by atoms with Gasteiger partial charge in [0.1, 0.15) is 10.9 Å². The molecule has 0 aromatic carbocycles. The monoisotopic (exact) mass is 502 g/mol. The molecule has 2 aromatic heterocycles. The van der Waals surface area contributed by atoms with Gasteiger partial charge in [-0.3, -0.25) is 4.79 Å². The number of alkyl halides is 2. The van der Waals surface area contributed by atoms with E-state index in [4.69, 9.17) is 16.3 Å². The Hall–Kier alpha value is -2.40. The molecule has 2 aromatic rings. The summed E-state index contributed by atoms with van der Waals surface area (Å²) in [6.45, 7) is 2.07. The number of aryl methyl sites for hydroxylation is 2. The molecule has 12 heteroatoms. The minimum Gasteiger partial charge on any atom is -0.472 e. The second-order valence-corrected chi connectivity index (χ2v) is 10.8. The van der Waals surface area contributed by atoms with Crippen LogP contribution in [0.4, 0.5) is 14.6 Å². The molecule has 0 radical (unpaired) electrons. The van der Waals surface area contributed by atoms with Gasteiger partial charge in [0.2, 0.25) is 5.88 Å². The largest absolute Gasteiger partial charge is 0.472 e. The first kappa shape index (κ1) is 25.2. The van der Waals surface area contributed by atoms with Gasteiger partial charge in [-0.25, -0.2) is 22.2 Å². The Morgan fingerprint density at radius 1 is 1.30 bits per heavy atom. The number of ether oxygens (including phenoxy) is 1. The van der Waals surface area contributed by atoms with Crippen LogP contribution in [0.3, 0.4) is 0 Å². The van der Waals surface area contributed by atoms with Crippen LogP contribution in [0.15, 0.2) is 18.2 Å². The van der Waals surface area contributed by atoms with Crippen molar-refractivity contribution in [1.29, 1.82) is 0 Å². The number of halogens is 3. The van der Waals surface area contributed by atoms with Crippen LogP contribution in [0.2, 0.25) is 5.15 Å². The molecule has 0 aliphatic carbocycles. The molecule has 3 rings (SSSR count). The second-order valence-electron chi connectivity index (χ2n) is 8.08. The zero-order chi connectivity index (χ0) is 24.2. The zero-order valence-electron chi connectivity index (χ0n) is 18.3. The lowest BCUT2D eigenvalue weighted by Crippen LogP contribution is -2.27. The van der Waals surface area contributed by atoms with Crippen LogP contribution in [-0.4, -0.2) is 67.0 Å². The van der Waals surface area contributed by atoms with E-state index in [-0.39, 0.29) is 29.7 Å². The van der Waals surface area contributed by atoms with Crippen LogP contribution in [0.5, 0.6) is 5.88 Å². The molecule has 1 fully saturated rings. The van der Waals surface area contributed by atoms with Gasteiger partial charge < -0.3 is 9.64 Å². The van der Waals surface area contributed by atoms with Crippen molar-refractivity contribution in [3.05, 3.63) is 40.2 Å². The molecule has 0 saturated carbocycles. The van der Waals surface area contributed by atoms with Crippen LogP contribution < -0.4 is 9.64 Å². The number of anilines is 1. The van der Waals surface area contributed by atoms with Crippen molar-refractivity contribution >= 4 is 33.0 Å². The van der Waals surface area contributed by atoms with Crippen molar-refractivity contribution in [2.24, 2.45) is 0 Å². The number of pyridine rings is 1. The Kier molecular flexibility index (Phi) is 8.17. The van der Waals surface area contributed by atoms with Crippen LogP contribution in [-0.2, 0) is 27.5 Å². The Morgan fingerprint density at radius 3 is 2.70 bits per heavy atom. The number of ketones is 1. The summed E-state index contributed by atoms with van der Waals surface area (Å²) < 4.78 is 53.1.